The maximum atomic E-state index is 13.7. The molecule has 3 aliphatic rings. The number of carbonyl (C=O) groups is 3. The number of hydrogen-bond donors (Lipinski definition) is 3. The summed E-state index contributed by atoms with van der Waals surface area (Å²) in [5.74, 6) is -3.98. The van der Waals surface area contributed by atoms with Crippen molar-refractivity contribution < 1.29 is 38.1 Å². The summed E-state index contributed by atoms with van der Waals surface area (Å²) >= 11 is 0. The van der Waals surface area contributed by atoms with Crippen LogP contribution in [0.25, 0.3) is 0 Å². The van der Waals surface area contributed by atoms with E-state index in [0.717, 1.165) is 11.0 Å². The fraction of sp³-hybridized carbons (Fsp3) is 0.316. The standard InChI is InChI=1S/C19H17F2N3O6/c20-11-2-1-9(12(21)4-11)5-22-17(27)10-3-14(26)16-18(28)24-13(8-25)19(29)30-15(24)7-23(16)6-10/h1-2,4,6,13,15,25-26H,3,5,7-8H2,(H,22,27)/t13-,15+/m0/s1. The summed E-state index contributed by atoms with van der Waals surface area (Å²) in [5.41, 5.74) is 0.0745. The molecule has 2 amide bonds. The zero-order valence-electron chi connectivity index (χ0n) is 15.5. The molecular formula is C19H17F2N3O6. The molecule has 0 spiro atoms. The van der Waals surface area contributed by atoms with E-state index in [1.807, 2.05) is 0 Å². The van der Waals surface area contributed by atoms with Crippen molar-refractivity contribution in [3.05, 3.63) is 58.6 Å². The third-order valence-corrected chi connectivity index (χ3v) is 5.11. The topological polar surface area (TPSA) is 119 Å². The highest BCUT2D eigenvalue weighted by molar-refractivity contribution is 6.00. The first-order chi connectivity index (χ1) is 14.3. The van der Waals surface area contributed by atoms with E-state index in [0.29, 0.717) is 6.07 Å². The summed E-state index contributed by atoms with van der Waals surface area (Å²) in [4.78, 5) is 39.4. The molecule has 2 fully saturated rings. The summed E-state index contributed by atoms with van der Waals surface area (Å²) in [7, 11) is 0. The van der Waals surface area contributed by atoms with Gasteiger partial charge >= 0.3 is 5.97 Å². The third kappa shape index (κ3) is 3.26. The largest absolute Gasteiger partial charge is 0.510 e. The molecular weight excluding hydrogens is 404 g/mol. The molecule has 3 aliphatic heterocycles. The Labute approximate surface area is 168 Å². The van der Waals surface area contributed by atoms with Crippen LogP contribution in [-0.2, 0) is 25.7 Å². The summed E-state index contributed by atoms with van der Waals surface area (Å²) in [5, 5.41) is 22.2. The van der Waals surface area contributed by atoms with E-state index in [1.54, 1.807) is 0 Å². The number of halogens is 2. The van der Waals surface area contributed by atoms with Gasteiger partial charge in [-0.15, -0.1) is 0 Å². The van der Waals surface area contributed by atoms with Gasteiger partial charge in [-0.05, 0) is 6.07 Å². The molecule has 0 aliphatic carbocycles. The number of fused-ring (bicyclic) bond motifs is 2. The van der Waals surface area contributed by atoms with Crippen LogP contribution < -0.4 is 5.32 Å². The molecule has 0 radical (unpaired) electrons. The first kappa shape index (κ1) is 19.8. The highest BCUT2D eigenvalue weighted by Crippen LogP contribution is 2.34. The molecule has 4 rings (SSSR count). The zero-order valence-corrected chi connectivity index (χ0v) is 15.5. The first-order valence-electron chi connectivity index (χ1n) is 9.05. The van der Waals surface area contributed by atoms with Gasteiger partial charge < -0.3 is 25.2 Å². The highest BCUT2D eigenvalue weighted by atomic mass is 19.1. The van der Waals surface area contributed by atoms with Gasteiger partial charge in [0.2, 0.25) is 5.91 Å². The Morgan fingerprint density at radius 2 is 2.07 bits per heavy atom. The zero-order chi connectivity index (χ0) is 21.6. The lowest BCUT2D eigenvalue weighted by molar-refractivity contribution is -0.146. The average molecular weight is 421 g/mol. The number of nitrogens with zero attached hydrogens (tertiary/aromatic N) is 2. The maximum Gasteiger partial charge on any atom is 0.333 e. The molecule has 158 valence electrons. The summed E-state index contributed by atoms with van der Waals surface area (Å²) in [6.07, 6.45) is 0.123. The molecule has 0 saturated carbocycles. The third-order valence-electron chi connectivity index (χ3n) is 5.11. The molecule has 3 heterocycles. The van der Waals surface area contributed by atoms with E-state index in [4.69, 9.17) is 4.74 Å². The molecule has 1 aromatic rings. The predicted molar refractivity (Wildman–Crippen MR) is 94.9 cm³/mol. The van der Waals surface area contributed by atoms with Crippen LogP contribution in [0.4, 0.5) is 8.78 Å². The van der Waals surface area contributed by atoms with Crippen LogP contribution in [0, 0.1) is 11.6 Å². The number of piperazine rings is 1. The van der Waals surface area contributed by atoms with E-state index in [-0.39, 0.29) is 42.1 Å². The quantitative estimate of drug-likeness (QED) is 0.587. The Morgan fingerprint density at radius 1 is 1.30 bits per heavy atom. The predicted octanol–water partition coefficient (Wildman–Crippen LogP) is 0.0262. The van der Waals surface area contributed by atoms with E-state index in [1.165, 1.54) is 17.2 Å². The fourth-order valence-electron chi connectivity index (χ4n) is 3.65. The second kappa shape index (κ2) is 7.41. The summed E-state index contributed by atoms with van der Waals surface area (Å²) < 4.78 is 31.8. The fourth-order valence-corrected chi connectivity index (χ4v) is 3.65. The van der Waals surface area contributed by atoms with Crippen LogP contribution in [0.1, 0.15) is 12.0 Å². The van der Waals surface area contributed by atoms with Gasteiger partial charge in [-0.3, -0.25) is 14.5 Å². The molecule has 0 unspecified atom stereocenters. The minimum absolute atomic E-state index is 0.0310. The number of ether oxygens (including phenoxy) is 1. The average Bonchev–Trinajstić information content (AvgIpc) is 3.01. The van der Waals surface area contributed by atoms with Crippen LogP contribution in [0.15, 0.2) is 41.4 Å². The summed E-state index contributed by atoms with van der Waals surface area (Å²) in [6, 6.07) is 1.83. The number of allylic oxidation sites excluding steroid dienone is 1. The van der Waals surface area contributed by atoms with Crippen LogP contribution >= 0.6 is 0 Å². The summed E-state index contributed by atoms with van der Waals surface area (Å²) in [6.45, 7) is -0.847. The molecule has 11 heteroatoms. The van der Waals surface area contributed by atoms with Gasteiger partial charge in [-0.1, -0.05) is 6.07 Å². The van der Waals surface area contributed by atoms with Crippen LogP contribution in [0.2, 0.25) is 0 Å². The SMILES string of the molecule is O=C(NCc1ccc(F)cc1F)C1=CN2C[C@H]3OC(=O)[C@H](CO)N3C(=O)C2=C(O)C1. The molecule has 3 N–H and O–H groups in total. The van der Waals surface area contributed by atoms with Crippen molar-refractivity contribution in [1.82, 2.24) is 15.1 Å². The van der Waals surface area contributed by atoms with E-state index in [9.17, 15) is 33.4 Å². The van der Waals surface area contributed by atoms with Gasteiger partial charge in [0.25, 0.3) is 5.91 Å². The number of benzene rings is 1. The number of aliphatic hydroxyl groups excluding tert-OH is 2. The number of carbonyl (C=O) groups excluding carboxylic acids is 3. The van der Waals surface area contributed by atoms with Crippen LogP contribution in [0.3, 0.4) is 0 Å². The lowest BCUT2D eigenvalue weighted by Gasteiger charge is -2.39. The smallest absolute Gasteiger partial charge is 0.333 e. The lowest BCUT2D eigenvalue weighted by atomic mass is 10.0. The lowest BCUT2D eigenvalue weighted by Crippen LogP contribution is -2.55. The van der Waals surface area contributed by atoms with Gasteiger partial charge in [-0.25, -0.2) is 13.6 Å². The Kier molecular flexibility index (Phi) is 4.90. The van der Waals surface area contributed by atoms with Gasteiger partial charge in [0.1, 0.15) is 23.1 Å². The Morgan fingerprint density at radius 3 is 2.77 bits per heavy atom. The van der Waals surface area contributed by atoms with Gasteiger partial charge in [0, 0.05) is 36.4 Å². The van der Waals surface area contributed by atoms with E-state index >= 15 is 0 Å². The Hall–Kier alpha value is -3.47. The molecule has 9 nitrogen and oxygen atoms in total. The number of hydrogen-bond acceptors (Lipinski definition) is 7. The Balaban J connectivity index is 1.50. The van der Waals surface area contributed by atoms with Crippen molar-refractivity contribution in [1.29, 1.82) is 0 Å². The minimum atomic E-state index is -1.15. The van der Waals surface area contributed by atoms with Crippen molar-refractivity contribution in [2.75, 3.05) is 13.2 Å². The number of aliphatic hydroxyl groups is 2. The maximum absolute atomic E-state index is 13.7. The molecule has 2 saturated heterocycles. The minimum Gasteiger partial charge on any atom is -0.510 e. The van der Waals surface area contributed by atoms with E-state index < -0.39 is 48.3 Å². The number of amides is 2. The van der Waals surface area contributed by atoms with Crippen molar-refractivity contribution >= 4 is 17.8 Å². The highest BCUT2D eigenvalue weighted by Gasteiger charge is 2.51. The van der Waals surface area contributed by atoms with Gasteiger partial charge in [0.15, 0.2) is 12.3 Å². The second-order valence-electron chi connectivity index (χ2n) is 7.00. The van der Waals surface area contributed by atoms with Crippen molar-refractivity contribution in [3.63, 3.8) is 0 Å². The van der Waals surface area contributed by atoms with Crippen molar-refractivity contribution in [2.24, 2.45) is 0 Å². The molecule has 2 atom stereocenters. The van der Waals surface area contributed by atoms with Crippen LogP contribution in [-0.4, -0.2) is 63.2 Å². The molecule has 1 aromatic carbocycles. The normalized spacial score (nSPS) is 23.1. The van der Waals surface area contributed by atoms with Gasteiger partial charge in [-0.2, -0.15) is 0 Å². The second-order valence-corrected chi connectivity index (χ2v) is 7.00. The van der Waals surface area contributed by atoms with Crippen molar-refractivity contribution in [2.45, 2.75) is 25.2 Å². The first-order valence-corrected chi connectivity index (χ1v) is 9.05. The molecule has 0 aromatic heterocycles. The van der Waals surface area contributed by atoms with Crippen LogP contribution in [0.5, 0.6) is 0 Å². The number of esters is 1. The van der Waals surface area contributed by atoms with Gasteiger partial charge in [0.05, 0.1) is 13.2 Å². The van der Waals surface area contributed by atoms with E-state index in [2.05, 4.69) is 5.32 Å². The molecule has 30 heavy (non-hydrogen) atoms. The number of nitrogens with one attached hydrogen (secondary N) is 1. The van der Waals surface area contributed by atoms with Crippen molar-refractivity contribution in [3.8, 4) is 0 Å². The monoisotopic (exact) mass is 421 g/mol. The molecule has 0 bridgehead atoms. The number of rotatable bonds is 4. The Bertz CT molecular complexity index is 1010.